The molecule has 1 aliphatic heterocycles. The summed E-state index contributed by atoms with van der Waals surface area (Å²) in [7, 11) is 0. The van der Waals surface area contributed by atoms with Gasteiger partial charge >= 0.3 is 0 Å². The Labute approximate surface area is 111 Å². The molecule has 0 aliphatic carbocycles. The van der Waals surface area contributed by atoms with Crippen molar-refractivity contribution in [3.63, 3.8) is 0 Å². The van der Waals surface area contributed by atoms with E-state index in [1.54, 1.807) is 24.3 Å². The van der Waals surface area contributed by atoms with Crippen LogP contribution in [-0.2, 0) is 0 Å². The normalized spacial score (nSPS) is 16.7. The largest absolute Gasteiger partial charge is 0.491 e. The molecule has 1 N–H and O–H groups in total. The number of nitrogens with one attached hydrogen (secondary N) is 1. The van der Waals surface area contributed by atoms with Crippen molar-refractivity contribution in [2.75, 3.05) is 11.9 Å². The Hall–Kier alpha value is -2.31. The molecular formula is C13H8F4N2O. The van der Waals surface area contributed by atoms with E-state index in [9.17, 15) is 17.6 Å². The van der Waals surface area contributed by atoms with Gasteiger partial charge in [0.1, 0.15) is 18.0 Å². The van der Waals surface area contributed by atoms with Crippen LogP contribution in [0.4, 0.5) is 23.2 Å². The SMILES string of the molecule is Fc1nc(F)c(F)c(NC2COc3ccccc32)c1F. The average Bonchev–Trinajstić information content (AvgIpc) is 2.85. The number of aromatic nitrogens is 1. The molecule has 104 valence electrons. The van der Waals surface area contributed by atoms with E-state index in [4.69, 9.17) is 4.74 Å². The van der Waals surface area contributed by atoms with Crippen LogP contribution in [0.15, 0.2) is 24.3 Å². The van der Waals surface area contributed by atoms with Gasteiger partial charge in [0.05, 0.1) is 6.04 Å². The van der Waals surface area contributed by atoms with Gasteiger partial charge in [0.25, 0.3) is 11.9 Å². The fourth-order valence-electron chi connectivity index (χ4n) is 2.07. The molecule has 1 atom stereocenters. The van der Waals surface area contributed by atoms with Gasteiger partial charge in [-0.1, -0.05) is 18.2 Å². The van der Waals surface area contributed by atoms with E-state index >= 15 is 0 Å². The first-order valence-electron chi connectivity index (χ1n) is 5.76. The monoisotopic (exact) mass is 284 g/mol. The van der Waals surface area contributed by atoms with E-state index in [0.717, 1.165) is 0 Å². The average molecular weight is 284 g/mol. The van der Waals surface area contributed by atoms with Crippen molar-refractivity contribution in [2.24, 2.45) is 0 Å². The van der Waals surface area contributed by atoms with Crippen LogP contribution in [0.5, 0.6) is 5.75 Å². The Morgan fingerprint density at radius 1 is 1.05 bits per heavy atom. The highest BCUT2D eigenvalue weighted by atomic mass is 19.2. The molecule has 1 unspecified atom stereocenters. The van der Waals surface area contributed by atoms with Crippen molar-refractivity contribution in [1.82, 2.24) is 4.98 Å². The molecule has 0 fully saturated rings. The van der Waals surface area contributed by atoms with Crippen molar-refractivity contribution in [3.8, 4) is 5.75 Å². The summed E-state index contributed by atoms with van der Waals surface area (Å²) in [6.45, 7) is 0.101. The maximum absolute atomic E-state index is 13.5. The number of halogens is 4. The third kappa shape index (κ3) is 1.95. The number of hydrogen-bond acceptors (Lipinski definition) is 3. The smallest absolute Gasteiger partial charge is 0.253 e. The quantitative estimate of drug-likeness (QED) is 0.679. The van der Waals surface area contributed by atoms with Gasteiger partial charge in [0.2, 0.25) is 11.6 Å². The van der Waals surface area contributed by atoms with Crippen molar-refractivity contribution in [3.05, 3.63) is 53.4 Å². The number of benzene rings is 1. The predicted octanol–water partition coefficient (Wildman–Crippen LogP) is 3.18. The van der Waals surface area contributed by atoms with Crippen molar-refractivity contribution in [2.45, 2.75) is 6.04 Å². The third-order valence-corrected chi connectivity index (χ3v) is 3.02. The van der Waals surface area contributed by atoms with E-state index in [1.807, 2.05) is 0 Å². The van der Waals surface area contributed by atoms with Crippen LogP contribution in [0.3, 0.4) is 0 Å². The topological polar surface area (TPSA) is 34.2 Å². The Kier molecular flexibility index (Phi) is 2.96. The minimum absolute atomic E-state index is 0.101. The first-order chi connectivity index (χ1) is 9.58. The lowest BCUT2D eigenvalue weighted by Gasteiger charge is -2.14. The Morgan fingerprint density at radius 2 is 1.70 bits per heavy atom. The highest BCUT2D eigenvalue weighted by Crippen LogP contribution is 2.35. The van der Waals surface area contributed by atoms with Gasteiger partial charge in [0, 0.05) is 5.56 Å². The number of hydrogen-bond donors (Lipinski definition) is 1. The summed E-state index contributed by atoms with van der Waals surface area (Å²) >= 11 is 0. The van der Waals surface area contributed by atoms with E-state index in [1.165, 1.54) is 0 Å². The lowest BCUT2D eigenvalue weighted by molar-refractivity contribution is 0.338. The van der Waals surface area contributed by atoms with Gasteiger partial charge in [0.15, 0.2) is 0 Å². The molecule has 0 saturated heterocycles. The molecular weight excluding hydrogens is 276 g/mol. The molecule has 7 heteroatoms. The minimum atomic E-state index is -1.70. The second-order valence-corrected chi connectivity index (χ2v) is 4.24. The van der Waals surface area contributed by atoms with Gasteiger partial charge in [-0.2, -0.15) is 22.5 Å². The highest BCUT2D eigenvalue weighted by molar-refractivity contribution is 5.51. The van der Waals surface area contributed by atoms with Crippen LogP contribution in [-0.4, -0.2) is 11.6 Å². The highest BCUT2D eigenvalue weighted by Gasteiger charge is 2.28. The number of ether oxygens (including phenoxy) is 1. The molecule has 0 bridgehead atoms. The Bertz CT molecular complexity index is 651. The molecule has 20 heavy (non-hydrogen) atoms. The van der Waals surface area contributed by atoms with Gasteiger partial charge in [-0.05, 0) is 6.07 Å². The summed E-state index contributed by atoms with van der Waals surface area (Å²) < 4.78 is 58.4. The van der Waals surface area contributed by atoms with Crippen LogP contribution in [0.25, 0.3) is 0 Å². The molecule has 2 heterocycles. The first kappa shape index (κ1) is 12.7. The molecule has 1 aliphatic rings. The maximum atomic E-state index is 13.5. The second-order valence-electron chi connectivity index (χ2n) is 4.24. The summed E-state index contributed by atoms with van der Waals surface area (Å²) in [6.07, 6.45) is 0. The van der Waals surface area contributed by atoms with Crippen molar-refractivity contribution < 1.29 is 22.3 Å². The molecule has 1 aromatic heterocycles. The molecule has 0 amide bonds. The van der Waals surface area contributed by atoms with Crippen LogP contribution < -0.4 is 10.1 Å². The summed E-state index contributed by atoms with van der Waals surface area (Å²) in [6, 6.07) is 6.26. The molecule has 0 saturated carbocycles. The fourth-order valence-corrected chi connectivity index (χ4v) is 2.07. The first-order valence-corrected chi connectivity index (χ1v) is 5.76. The lowest BCUT2D eigenvalue weighted by atomic mass is 10.1. The predicted molar refractivity (Wildman–Crippen MR) is 62.4 cm³/mol. The zero-order valence-corrected chi connectivity index (χ0v) is 9.96. The number of para-hydroxylation sites is 1. The molecule has 3 rings (SSSR count). The van der Waals surface area contributed by atoms with Crippen LogP contribution in [0, 0.1) is 23.5 Å². The Balaban J connectivity index is 1.98. The van der Waals surface area contributed by atoms with Gasteiger partial charge < -0.3 is 10.1 Å². The minimum Gasteiger partial charge on any atom is -0.491 e. The van der Waals surface area contributed by atoms with Gasteiger partial charge in [-0.3, -0.25) is 0 Å². The molecule has 0 radical (unpaired) electrons. The lowest BCUT2D eigenvalue weighted by Crippen LogP contribution is -2.16. The summed E-state index contributed by atoms with van der Waals surface area (Å²) in [5.74, 6) is -5.96. The summed E-state index contributed by atoms with van der Waals surface area (Å²) in [5, 5.41) is 2.42. The fraction of sp³-hybridized carbons (Fsp3) is 0.154. The zero-order chi connectivity index (χ0) is 14.3. The van der Waals surface area contributed by atoms with E-state index in [-0.39, 0.29) is 6.61 Å². The number of anilines is 1. The maximum Gasteiger partial charge on any atom is 0.253 e. The van der Waals surface area contributed by atoms with Crippen LogP contribution in [0.2, 0.25) is 0 Å². The van der Waals surface area contributed by atoms with Gasteiger partial charge in [-0.15, -0.1) is 0 Å². The van der Waals surface area contributed by atoms with Crippen LogP contribution in [0.1, 0.15) is 11.6 Å². The molecule has 3 nitrogen and oxygen atoms in total. The Morgan fingerprint density at radius 3 is 2.40 bits per heavy atom. The van der Waals surface area contributed by atoms with Crippen molar-refractivity contribution in [1.29, 1.82) is 0 Å². The number of pyridine rings is 1. The number of rotatable bonds is 2. The third-order valence-electron chi connectivity index (χ3n) is 3.02. The van der Waals surface area contributed by atoms with E-state index in [0.29, 0.717) is 11.3 Å². The molecule has 2 aromatic rings. The van der Waals surface area contributed by atoms with Gasteiger partial charge in [-0.25, -0.2) is 0 Å². The number of nitrogens with zero attached hydrogens (tertiary/aromatic N) is 1. The zero-order valence-electron chi connectivity index (χ0n) is 9.96. The number of fused-ring (bicyclic) bond motifs is 1. The second kappa shape index (κ2) is 4.66. The van der Waals surface area contributed by atoms with E-state index in [2.05, 4.69) is 10.3 Å². The summed E-state index contributed by atoms with van der Waals surface area (Å²) in [4.78, 5) is 2.50. The standard InChI is InChI=1S/C13H8F4N2O/c14-9-11(10(15)13(17)19-12(9)16)18-7-5-20-8-4-2-1-3-6(7)8/h1-4,7H,5H2,(H,18,19). The van der Waals surface area contributed by atoms with Crippen molar-refractivity contribution >= 4 is 5.69 Å². The van der Waals surface area contributed by atoms with Crippen LogP contribution >= 0.6 is 0 Å². The molecule has 0 spiro atoms. The van der Waals surface area contributed by atoms with E-state index < -0.39 is 35.3 Å². The summed E-state index contributed by atoms with van der Waals surface area (Å²) in [5.41, 5.74) is -0.232. The molecule has 1 aromatic carbocycles.